The number of ketones is 1. The Bertz CT molecular complexity index is 933. The van der Waals surface area contributed by atoms with E-state index in [2.05, 4.69) is 6.58 Å². The Kier molecular flexibility index (Phi) is 6.46. The molecule has 1 aliphatic carbocycles. The number of carbonyl (C=O) groups excluding carboxylic acids is 1. The number of benzene rings is 1. The lowest BCUT2D eigenvalue weighted by atomic mass is 9.99. The minimum atomic E-state index is -3.56. The average Bonchev–Trinajstić information content (AvgIpc) is 3.38. The molecule has 1 unspecified atom stereocenters. The molecule has 0 heterocycles. The van der Waals surface area contributed by atoms with Crippen molar-refractivity contribution in [2.75, 3.05) is 17.1 Å². The van der Waals surface area contributed by atoms with Crippen molar-refractivity contribution in [3.63, 3.8) is 0 Å². The van der Waals surface area contributed by atoms with Gasteiger partial charge in [-0.15, -0.1) is 0 Å². The lowest BCUT2D eigenvalue weighted by molar-refractivity contribution is -0.145. The highest BCUT2D eigenvalue weighted by molar-refractivity contribution is 7.92. The summed E-state index contributed by atoms with van der Waals surface area (Å²) in [5, 5.41) is 10.9. The fourth-order valence-corrected chi connectivity index (χ4v) is 4.26. The maximum absolute atomic E-state index is 12.5. The third-order valence-corrected chi connectivity index (χ3v) is 6.11. The smallest absolute Gasteiger partial charge is 0.314 e. The molecule has 6 nitrogen and oxygen atoms in total. The molecular formula is C20H27NO5S. The number of anilines is 1. The molecule has 0 amide bonds. The first-order valence-electron chi connectivity index (χ1n) is 9.06. The van der Waals surface area contributed by atoms with E-state index < -0.39 is 27.7 Å². The molecule has 7 heteroatoms. The van der Waals surface area contributed by atoms with Gasteiger partial charge in [0.25, 0.3) is 0 Å². The fourth-order valence-electron chi connectivity index (χ4n) is 3.28. The van der Waals surface area contributed by atoms with Gasteiger partial charge in [0.2, 0.25) is 10.0 Å². The van der Waals surface area contributed by atoms with Gasteiger partial charge in [-0.2, -0.15) is 0 Å². The van der Waals surface area contributed by atoms with Crippen LogP contribution >= 0.6 is 0 Å². The maximum Gasteiger partial charge on any atom is 0.314 e. The zero-order valence-electron chi connectivity index (χ0n) is 16.1. The number of hydrogen-bond donors (Lipinski definition) is 1. The van der Waals surface area contributed by atoms with Crippen molar-refractivity contribution in [1.29, 1.82) is 0 Å². The number of carboxylic acid groups (broad SMARTS) is 1. The highest BCUT2D eigenvalue weighted by atomic mass is 32.2. The molecule has 0 aliphatic heterocycles. The van der Waals surface area contributed by atoms with Gasteiger partial charge in [-0.25, -0.2) is 8.42 Å². The largest absolute Gasteiger partial charge is 0.481 e. The van der Waals surface area contributed by atoms with Crippen molar-refractivity contribution in [2.45, 2.75) is 45.4 Å². The van der Waals surface area contributed by atoms with E-state index in [9.17, 15) is 18.0 Å². The number of carbonyl (C=O) groups is 2. The standard InChI is InChI=1S/C20H27NO5S/c1-5-15-12-19(18(11-13(15)2)16-8-9-16)21(27(4,25)26)10-6-7-17(14(3)22)20(23)24/h5,11-12,16-17H,2,6-10H2,1,3-4H3,(H,23,24). The van der Waals surface area contributed by atoms with Crippen LogP contribution in [0.25, 0.3) is 12.7 Å². The van der Waals surface area contributed by atoms with E-state index in [4.69, 9.17) is 5.11 Å². The minimum Gasteiger partial charge on any atom is -0.481 e. The second-order valence-electron chi connectivity index (χ2n) is 7.15. The van der Waals surface area contributed by atoms with Gasteiger partial charge >= 0.3 is 5.97 Å². The van der Waals surface area contributed by atoms with E-state index in [1.165, 1.54) is 11.2 Å². The number of nitrogens with zero attached hydrogens (tertiary/aromatic N) is 1. The monoisotopic (exact) mass is 393 g/mol. The topological polar surface area (TPSA) is 91.8 Å². The summed E-state index contributed by atoms with van der Waals surface area (Å²) in [6.45, 7) is 7.30. The number of sulfonamides is 1. The fraction of sp³-hybridized carbons (Fsp3) is 0.500. The minimum absolute atomic E-state index is 0.107. The van der Waals surface area contributed by atoms with Crippen LogP contribution in [0, 0.1) is 5.92 Å². The molecule has 1 atom stereocenters. The van der Waals surface area contributed by atoms with Crippen LogP contribution in [-0.4, -0.2) is 38.1 Å². The van der Waals surface area contributed by atoms with Crippen LogP contribution in [0.5, 0.6) is 0 Å². The molecule has 1 aliphatic rings. The predicted molar refractivity (Wildman–Crippen MR) is 107 cm³/mol. The van der Waals surface area contributed by atoms with Crippen molar-refractivity contribution in [2.24, 2.45) is 5.92 Å². The molecule has 0 saturated heterocycles. The van der Waals surface area contributed by atoms with Crippen molar-refractivity contribution in [3.8, 4) is 0 Å². The summed E-state index contributed by atoms with van der Waals surface area (Å²) >= 11 is 0. The Balaban J connectivity index is 2.37. The normalized spacial score (nSPS) is 16.2. The molecule has 1 N–H and O–H groups in total. The van der Waals surface area contributed by atoms with Crippen LogP contribution in [0.2, 0.25) is 0 Å². The summed E-state index contributed by atoms with van der Waals surface area (Å²) in [6, 6.07) is 3.80. The predicted octanol–water partition coefficient (Wildman–Crippen LogP) is 1.61. The Hall–Kier alpha value is -2.15. The Labute approximate surface area is 160 Å². The summed E-state index contributed by atoms with van der Waals surface area (Å²) in [5.74, 6) is -2.36. The lowest BCUT2D eigenvalue weighted by Crippen LogP contribution is -2.35. The van der Waals surface area contributed by atoms with Gasteiger partial charge < -0.3 is 5.11 Å². The molecule has 2 rings (SSSR count). The van der Waals surface area contributed by atoms with Crippen molar-refractivity contribution in [1.82, 2.24) is 0 Å². The maximum atomic E-state index is 12.5. The Morgan fingerprint density at radius 3 is 2.44 bits per heavy atom. The molecule has 0 spiro atoms. The van der Waals surface area contributed by atoms with Crippen LogP contribution in [0.3, 0.4) is 0 Å². The number of carboxylic acids is 1. The summed E-state index contributed by atoms with van der Waals surface area (Å²) in [4.78, 5) is 22.7. The van der Waals surface area contributed by atoms with E-state index >= 15 is 0 Å². The van der Waals surface area contributed by atoms with E-state index in [1.54, 1.807) is 0 Å². The van der Waals surface area contributed by atoms with E-state index in [0.717, 1.165) is 35.1 Å². The van der Waals surface area contributed by atoms with Crippen LogP contribution in [-0.2, 0) is 19.6 Å². The van der Waals surface area contributed by atoms with Gasteiger partial charge in [0, 0.05) is 6.54 Å². The van der Waals surface area contributed by atoms with Crippen molar-refractivity contribution >= 4 is 40.1 Å². The SMILES string of the molecule is C=c1cc(C2CC2)c(N(CCCC(C(C)=O)C(=O)O)S(C)(=O)=O)cc1=CC. The second kappa shape index (κ2) is 8.25. The van der Waals surface area contributed by atoms with E-state index in [0.29, 0.717) is 11.6 Å². The van der Waals surface area contributed by atoms with E-state index in [-0.39, 0.29) is 19.4 Å². The zero-order valence-corrected chi connectivity index (χ0v) is 16.9. The average molecular weight is 394 g/mol. The Morgan fingerprint density at radius 1 is 1.37 bits per heavy atom. The number of Topliss-reactive ketones (excluding diaryl/α,β-unsaturated/α-hetero) is 1. The summed E-state index contributed by atoms with van der Waals surface area (Å²) in [5.41, 5.74) is 1.60. The van der Waals surface area contributed by atoms with Crippen LogP contribution in [0.15, 0.2) is 12.1 Å². The van der Waals surface area contributed by atoms with Crippen molar-refractivity contribution in [3.05, 3.63) is 28.1 Å². The first-order valence-corrected chi connectivity index (χ1v) is 10.9. The molecule has 0 radical (unpaired) electrons. The van der Waals surface area contributed by atoms with Gasteiger partial charge in [-0.3, -0.25) is 13.9 Å². The van der Waals surface area contributed by atoms with Gasteiger partial charge in [0.1, 0.15) is 11.7 Å². The zero-order chi connectivity index (χ0) is 20.4. The molecule has 0 aromatic heterocycles. The molecular weight excluding hydrogens is 366 g/mol. The Morgan fingerprint density at radius 2 is 2.00 bits per heavy atom. The first kappa shape index (κ1) is 21.2. The quantitative estimate of drug-likeness (QED) is 0.644. The highest BCUT2D eigenvalue weighted by Gasteiger charge is 2.30. The van der Waals surface area contributed by atoms with Gasteiger partial charge in [-0.05, 0) is 73.6 Å². The molecule has 1 fully saturated rings. The van der Waals surface area contributed by atoms with Crippen LogP contribution in [0.1, 0.15) is 51.0 Å². The van der Waals surface area contributed by atoms with Crippen LogP contribution in [0.4, 0.5) is 5.69 Å². The van der Waals surface area contributed by atoms with Crippen LogP contribution < -0.4 is 14.7 Å². The third-order valence-electron chi connectivity index (χ3n) is 4.93. The molecule has 1 aromatic rings. The first-order chi connectivity index (χ1) is 12.6. The molecule has 0 bridgehead atoms. The third kappa shape index (κ3) is 5.19. The molecule has 148 valence electrons. The second-order valence-corrected chi connectivity index (χ2v) is 9.06. The summed E-state index contributed by atoms with van der Waals surface area (Å²) < 4.78 is 26.3. The number of aliphatic carboxylic acids is 1. The highest BCUT2D eigenvalue weighted by Crippen LogP contribution is 2.44. The molecule has 1 saturated carbocycles. The lowest BCUT2D eigenvalue weighted by Gasteiger charge is -2.26. The van der Waals surface area contributed by atoms with Gasteiger partial charge in [0.15, 0.2) is 0 Å². The van der Waals surface area contributed by atoms with Crippen molar-refractivity contribution < 1.29 is 23.1 Å². The number of rotatable bonds is 9. The number of hydrogen-bond acceptors (Lipinski definition) is 4. The van der Waals surface area contributed by atoms with Gasteiger partial charge in [0.05, 0.1) is 11.9 Å². The summed E-state index contributed by atoms with van der Waals surface area (Å²) in [7, 11) is -3.56. The molecule has 1 aromatic carbocycles. The molecule has 27 heavy (non-hydrogen) atoms. The van der Waals surface area contributed by atoms with Gasteiger partial charge in [-0.1, -0.05) is 12.7 Å². The van der Waals surface area contributed by atoms with E-state index in [1.807, 2.05) is 25.1 Å². The summed E-state index contributed by atoms with van der Waals surface area (Å²) in [6.07, 6.45) is 5.46.